The van der Waals surface area contributed by atoms with Gasteiger partial charge in [-0.3, -0.25) is 14.4 Å². The Bertz CT molecular complexity index is 650. The molecule has 2 fully saturated rings. The summed E-state index contributed by atoms with van der Waals surface area (Å²) in [6.07, 6.45) is 1.77. The van der Waals surface area contributed by atoms with Crippen molar-refractivity contribution >= 4 is 17.7 Å². The molecule has 0 aliphatic carbocycles. The molecule has 3 heterocycles. The molecular formula is C18H26N4O4. The zero-order chi connectivity index (χ0) is 18.7. The van der Waals surface area contributed by atoms with E-state index in [1.165, 1.54) is 6.26 Å². The van der Waals surface area contributed by atoms with Crippen molar-refractivity contribution in [2.75, 3.05) is 59.9 Å². The van der Waals surface area contributed by atoms with E-state index in [0.29, 0.717) is 45.0 Å². The van der Waals surface area contributed by atoms with Gasteiger partial charge in [-0.15, -0.1) is 0 Å². The van der Waals surface area contributed by atoms with E-state index in [1.807, 2.05) is 19.0 Å². The number of carbonyl (C=O) groups is 3. The molecule has 26 heavy (non-hydrogen) atoms. The largest absolute Gasteiger partial charge is 0.459 e. The Morgan fingerprint density at radius 2 is 1.88 bits per heavy atom. The van der Waals surface area contributed by atoms with Crippen molar-refractivity contribution in [3.63, 3.8) is 0 Å². The highest BCUT2D eigenvalue weighted by atomic mass is 16.3. The van der Waals surface area contributed by atoms with Crippen molar-refractivity contribution in [3.05, 3.63) is 24.2 Å². The third-order valence-corrected chi connectivity index (χ3v) is 4.99. The fourth-order valence-corrected chi connectivity index (χ4v) is 3.42. The molecule has 0 saturated carbocycles. The van der Waals surface area contributed by atoms with Gasteiger partial charge in [-0.05, 0) is 26.2 Å². The van der Waals surface area contributed by atoms with Crippen molar-refractivity contribution in [2.45, 2.75) is 6.42 Å². The molecule has 1 aromatic heterocycles. The molecule has 142 valence electrons. The Morgan fingerprint density at radius 1 is 1.19 bits per heavy atom. The number of likely N-dealkylation sites (N-methyl/N-ethyl adjacent to an activating group) is 1. The second-order valence-corrected chi connectivity index (χ2v) is 7.14. The average Bonchev–Trinajstić information content (AvgIpc) is 3.29. The fourth-order valence-electron chi connectivity index (χ4n) is 3.42. The number of furan rings is 1. The molecule has 2 aliphatic rings. The molecule has 3 amide bonds. The van der Waals surface area contributed by atoms with Crippen LogP contribution in [0.1, 0.15) is 17.0 Å². The predicted molar refractivity (Wildman–Crippen MR) is 94.4 cm³/mol. The molecule has 0 aromatic carbocycles. The number of likely N-dealkylation sites (tertiary alicyclic amines) is 1. The first-order valence-corrected chi connectivity index (χ1v) is 9.00. The first-order valence-electron chi connectivity index (χ1n) is 9.00. The Kier molecular flexibility index (Phi) is 5.61. The molecule has 0 bridgehead atoms. The summed E-state index contributed by atoms with van der Waals surface area (Å²) in [7, 11) is 3.93. The molecule has 8 heteroatoms. The Morgan fingerprint density at radius 3 is 2.50 bits per heavy atom. The van der Waals surface area contributed by atoms with Crippen LogP contribution in [0.25, 0.3) is 0 Å². The predicted octanol–water partition coefficient (Wildman–Crippen LogP) is -0.0259. The van der Waals surface area contributed by atoms with Gasteiger partial charge in [-0.25, -0.2) is 0 Å². The maximum absolute atomic E-state index is 12.7. The molecule has 1 unspecified atom stereocenters. The summed E-state index contributed by atoms with van der Waals surface area (Å²) in [5.41, 5.74) is 0. The van der Waals surface area contributed by atoms with Crippen LogP contribution >= 0.6 is 0 Å². The van der Waals surface area contributed by atoms with Gasteiger partial charge in [-0.1, -0.05) is 0 Å². The third kappa shape index (κ3) is 4.07. The highest BCUT2D eigenvalue weighted by Crippen LogP contribution is 2.21. The Balaban J connectivity index is 1.49. The van der Waals surface area contributed by atoms with Crippen molar-refractivity contribution in [3.8, 4) is 0 Å². The van der Waals surface area contributed by atoms with Gasteiger partial charge in [0, 0.05) is 52.2 Å². The third-order valence-electron chi connectivity index (χ3n) is 4.99. The van der Waals surface area contributed by atoms with E-state index in [9.17, 15) is 14.4 Å². The topological polar surface area (TPSA) is 77.3 Å². The lowest BCUT2D eigenvalue weighted by atomic mass is 10.1. The SMILES string of the molecule is CN(C)CCN1CC(C(=O)N2CCN(C(=O)c3ccco3)CC2)CC1=O. The van der Waals surface area contributed by atoms with Crippen LogP contribution in [-0.2, 0) is 9.59 Å². The van der Waals surface area contributed by atoms with Gasteiger partial charge >= 0.3 is 0 Å². The normalized spacial score (nSPS) is 21.0. The Hall–Kier alpha value is -2.35. The van der Waals surface area contributed by atoms with E-state index in [2.05, 4.69) is 0 Å². The van der Waals surface area contributed by atoms with Crippen LogP contribution in [0.2, 0.25) is 0 Å². The van der Waals surface area contributed by atoms with Crippen molar-refractivity contribution < 1.29 is 18.8 Å². The summed E-state index contributed by atoms with van der Waals surface area (Å²) >= 11 is 0. The van der Waals surface area contributed by atoms with Gasteiger partial charge in [0.2, 0.25) is 11.8 Å². The molecule has 0 N–H and O–H groups in total. The number of nitrogens with zero attached hydrogens (tertiary/aromatic N) is 4. The number of piperazine rings is 1. The molecular weight excluding hydrogens is 336 g/mol. The lowest BCUT2D eigenvalue weighted by molar-refractivity contribution is -0.137. The van der Waals surface area contributed by atoms with Gasteiger partial charge < -0.3 is 24.0 Å². The lowest BCUT2D eigenvalue weighted by Gasteiger charge is -2.35. The number of rotatable bonds is 5. The minimum Gasteiger partial charge on any atom is -0.459 e. The molecule has 2 aliphatic heterocycles. The summed E-state index contributed by atoms with van der Waals surface area (Å²) in [5.74, 6) is -0.0136. The molecule has 1 atom stereocenters. The zero-order valence-corrected chi connectivity index (χ0v) is 15.4. The second-order valence-electron chi connectivity index (χ2n) is 7.14. The summed E-state index contributed by atoms with van der Waals surface area (Å²) in [6, 6.07) is 3.33. The van der Waals surface area contributed by atoms with Crippen LogP contribution in [0.3, 0.4) is 0 Å². The lowest BCUT2D eigenvalue weighted by Crippen LogP contribution is -2.52. The highest BCUT2D eigenvalue weighted by molar-refractivity contribution is 5.92. The highest BCUT2D eigenvalue weighted by Gasteiger charge is 2.37. The van der Waals surface area contributed by atoms with E-state index < -0.39 is 0 Å². The summed E-state index contributed by atoms with van der Waals surface area (Å²) in [4.78, 5) is 44.4. The van der Waals surface area contributed by atoms with Crippen molar-refractivity contribution in [1.82, 2.24) is 19.6 Å². The average molecular weight is 362 g/mol. The second kappa shape index (κ2) is 7.90. The van der Waals surface area contributed by atoms with Crippen LogP contribution < -0.4 is 0 Å². The van der Waals surface area contributed by atoms with Gasteiger partial charge in [0.25, 0.3) is 5.91 Å². The zero-order valence-electron chi connectivity index (χ0n) is 15.4. The molecule has 0 spiro atoms. The number of amides is 3. The van der Waals surface area contributed by atoms with Crippen LogP contribution in [0.4, 0.5) is 0 Å². The first-order chi connectivity index (χ1) is 12.5. The van der Waals surface area contributed by atoms with Gasteiger partial charge in [0.05, 0.1) is 12.2 Å². The molecule has 3 rings (SSSR count). The van der Waals surface area contributed by atoms with E-state index in [1.54, 1.807) is 26.8 Å². The minimum absolute atomic E-state index is 0.0239. The van der Waals surface area contributed by atoms with Gasteiger partial charge in [0.15, 0.2) is 5.76 Å². The van der Waals surface area contributed by atoms with Gasteiger partial charge in [0.1, 0.15) is 0 Å². The maximum Gasteiger partial charge on any atom is 0.289 e. The summed E-state index contributed by atoms with van der Waals surface area (Å²) in [6.45, 7) is 3.90. The molecule has 2 saturated heterocycles. The molecule has 1 aromatic rings. The Labute approximate surface area is 153 Å². The van der Waals surface area contributed by atoms with Crippen LogP contribution in [0, 0.1) is 5.92 Å². The van der Waals surface area contributed by atoms with E-state index in [0.717, 1.165) is 6.54 Å². The minimum atomic E-state index is -0.267. The van der Waals surface area contributed by atoms with Crippen LogP contribution in [0.5, 0.6) is 0 Å². The number of hydrogen-bond donors (Lipinski definition) is 0. The summed E-state index contributed by atoms with van der Waals surface area (Å²) < 4.78 is 5.15. The molecule has 8 nitrogen and oxygen atoms in total. The van der Waals surface area contributed by atoms with Crippen molar-refractivity contribution in [2.24, 2.45) is 5.92 Å². The van der Waals surface area contributed by atoms with E-state index in [-0.39, 0.29) is 30.1 Å². The monoisotopic (exact) mass is 362 g/mol. The maximum atomic E-state index is 12.7. The van der Waals surface area contributed by atoms with Crippen molar-refractivity contribution in [1.29, 1.82) is 0 Å². The molecule has 0 radical (unpaired) electrons. The summed E-state index contributed by atoms with van der Waals surface area (Å²) in [5, 5.41) is 0. The van der Waals surface area contributed by atoms with E-state index in [4.69, 9.17) is 4.42 Å². The van der Waals surface area contributed by atoms with E-state index >= 15 is 0 Å². The van der Waals surface area contributed by atoms with Crippen LogP contribution in [-0.4, -0.2) is 97.2 Å². The number of hydrogen-bond acceptors (Lipinski definition) is 5. The van der Waals surface area contributed by atoms with Crippen LogP contribution in [0.15, 0.2) is 22.8 Å². The number of carbonyl (C=O) groups excluding carboxylic acids is 3. The first kappa shape index (κ1) is 18.4. The quantitative estimate of drug-likeness (QED) is 0.735. The fraction of sp³-hybridized carbons (Fsp3) is 0.611. The smallest absolute Gasteiger partial charge is 0.289 e. The van der Waals surface area contributed by atoms with Gasteiger partial charge in [-0.2, -0.15) is 0 Å². The standard InChI is InChI=1S/C18H26N4O4/c1-19(2)5-6-22-13-14(12-16(22)23)17(24)20-7-9-21(10-8-20)18(25)15-4-3-11-26-15/h3-4,11,14H,5-10,12-13H2,1-2H3.